The summed E-state index contributed by atoms with van der Waals surface area (Å²) >= 11 is 0. The Morgan fingerprint density at radius 2 is 1.76 bits per heavy atom. The monoisotopic (exact) mass is 279 g/mol. The van der Waals surface area contributed by atoms with Crippen LogP contribution in [-0.2, 0) is 0 Å². The molecule has 3 N–H and O–H groups in total. The van der Waals surface area contributed by atoms with Crippen LogP contribution in [-0.4, -0.2) is 12.1 Å². The second-order valence-corrected chi connectivity index (χ2v) is 4.62. The zero-order valence-electron chi connectivity index (χ0n) is 11.8. The van der Waals surface area contributed by atoms with E-state index in [9.17, 15) is 4.79 Å². The molecule has 0 atom stereocenters. The Balaban J connectivity index is 1.94. The Morgan fingerprint density at radius 1 is 1.10 bits per heavy atom. The highest BCUT2D eigenvalue weighted by molar-refractivity contribution is 5.95. The number of carbonyl (C=O) groups is 1. The lowest BCUT2D eigenvalue weighted by Crippen LogP contribution is -2.17. The summed E-state index contributed by atoms with van der Waals surface area (Å²) in [7, 11) is 0. The van der Waals surface area contributed by atoms with Gasteiger partial charge >= 0.3 is 0 Å². The third-order valence-electron chi connectivity index (χ3n) is 2.80. The number of nitrogens with two attached hydrogens (primary N) is 1. The number of hydrogen-bond donors (Lipinski definition) is 2. The summed E-state index contributed by atoms with van der Waals surface area (Å²) in [4.78, 5) is 11.8. The molecule has 0 aliphatic carbocycles. The maximum absolute atomic E-state index is 11.8. The molecule has 2 aromatic carbocycles. The number of hydrogen-bond acceptors (Lipinski definition) is 3. The summed E-state index contributed by atoms with van der Waals surface area (Å²) in [5.74, 6) is -0.265. The van der Waals surface area contributed by atoms with Crippen molar-refractivity contribution in [1.29, 1.82) is 0 Å². The van der Waals surface area contributed by atoms with Crippen LogP contribution in [0.15, 0.2) is 65.3 Å². The summed E-state index contributed by atoms with van der Waals surface area (Å²) in [6, 6.07) is 16.6. The van der Waals surface area contributed by atoms with E-state index in [1.54, 1.807) is 30.5 Å². The van der Waals surface area contributed by atoms with Crippen molar-refractivity contribution >= 4 is 23.9 Å². The van der Waals surface area contributed by atoms with Gasteiger partial charge in [0.1, 0.15) is 0 Å². The molecule has 106 valence electrons. The van der Waals surface area contributed by atoms with Crippen LogP contribution < -0.4 is 11.2 Å². The molecule has 1 amide bonds. The van der Waals surface area contributed by atoms with Gasteiger partial charge < -0.3 is 5.73 Å². The molecule has 0 saturated heterocycles. The molecule has 0 bridgehead atoms. The Bertz CT molecular complexity index is 658. The highest BCUT2D eigenvalue weighted by atomic mass is 16.2. The summed E-state index contributed by atoms with van der Waals surface area (Å²) in [5, 5.41) is 3.94. The minimum Gasteiger partial charge on any atom is -0.399 e. The topological polar surface area (TPSA) is 67.5 Å². The van der Waals surface area contributed by atoms with Gasteiger partial charge in [-0.15, -0.1) is 0 Å². The van der Waals surface area contributed by atoms with Gasteiger partial charge in [0.15, 0.2) is 0 Å². The van der Waals surface area contributed by atoms with Crippen LogP contribution in [0.2, 0.25) is 0 Å². The molecule has 0 saturated carbocycles. The molecule has 0 heterocycles. The molecule has 4 nitrogen and oxygen atoms in total. The standard InChI is InChI=1S/C17H17N3O/c1-13(11-14-5-3-2-4-6-14)12-19-20-17(21)15-7-9-16(18)10-8-15/h2-12H,18H2,1H3,(H,20,21)/b13-11+,19-12+. The van der Waals surface area contributed by atoms with E-state index < -0.39 is 0 Å². The molecule has 0 spiro atoms. The second kappa shape index (κ2) is 7.05. The van der Waals surface area contributed by atoms with E-state index in [4.69, 9.17) is 5.73 Å². The molecule has 21 heavy (non-hydrogen) atoms. The Kier molecular flexibility index (Phi) is 4.88. The van der Waals surface area contributed by atoms with Crippen LogP contribution in [0.25, 0.3) is 6.08 Å². The summed E-state index contributed by atoms with van der Waals surface area (Å²) in [6.07, 6.45) is 3.60. The van der Waals surface area contributed by atoms with Crippen LogP contribution >= 0.6 is 0 Å². The first-order valence-corrected chi connectivity index (χ1v) is 6.57. The van der Waals surface area contributed by atoms with Gasteiger partial charge in [0, 0.05) is 11.3 Å². The first-order chi connectivity index (χ1) is 10.1. The number of hydrazone groups is 1. The van der Waals surface area contributed by atoms with Crippen LogP contribution in [0.3, 0.4) is 0 Å². The molecule has 0 radical (unpaired) electrons. The molecule has 2 rings (SSSR count). The number of anilines is 1. The average molecular weight is 279 g/mol. The third kappa shape index (κ3) is 4.62. The SMILES string of the molecule is CC(/C=N/NC(=O)c1ccc(N)cc1)=C\c1ccccc1. The maximum Gasteiger partial charge on any atom is 0.271 e. The highest BCUT2D eigenvalue weighted by Crippen LogP contribution is 2.06. The molecule has 0 aromatic heterocycles. The highest BCUT2D eigenvalue weighted by Gasteiger charge is 2.02. The number of carbonyl (C=O) groups excluding carboxylic acids is 1. The Hall–Kier alpha value is -2.88. The van der Waals surface area contributed by atoms with Gasteiger partial charge in [0.2, 0.25) is 0 Å². The van der Waals surface area contributed by atoms with Crippen molar-refractivity contribution < 1.29 is 4.79 Å². The van der Waals surface area contributed by atoms with Crippen molar-refractivity contribution in [3.05, 3.63) is 71.3 Å². The Labute approximate surface area is 124 Å². The van der Waals surface area contributed by atoms with E-state index >= 15 is 0 Å². The Morgan fingerprint density at radius 3 is 2.43 bits per heavy atom. The van der Waals surface area contributed by atoms with Gasteiger partial charge in [0.05, 0.1) is 6.21 Å². The van der Waals surface area contributed by atoms with Gasteiger partial charge in [-0.1, -0.05) is 36.4 Å². The normalized spacial score (nSPS) is 11.6. The minimum atomic E-state index is -0.265. The quantitative estimate of drug-likeness (QED) is 0.513. The minimum absolute atomic E-state index is 0.265. The smallest absolute Gasteiger partial charge is 0.271 e. The van der Waals surface area contributed by atoms with E-state index in [-0.39, 0.29) is 5.91 Å². The van der Waals surface area contributed by atoms with Crippen molar-refractivity contribution in [2.75, 3.05) is 5.73 Å². The third-order valence-corrected chi connectivity index (χ3v) is 2.80. The van der Waals surface area contributed by atoms with Gasteiger partial charge in [0.25, 0.3) is 5.91 Å². The fraction of sp³-hybridized carbons (Fsp3) is 0.0588. The summed E-state index contributed by atoms with van der Waals surface area (Å²) < 4.78 is 0. The van der Waals surface area contributed by atoms with Crippen LogP contribution in [0.1, 0.15) is 22.8 Å². The zero-order valence-corrected chi connectivity index (χ0v) is 11.8. The number of allylic oxidation sites excluding steroid dienone is 1. The lowest BCUT2D eigenvalue weighted by Gasteiger charge is -2.00. The van der Waals surface area contributed by atoms with Crippen molar-refractivity contribution in [2.45, 2.75) is 6.92 Å². The van der Waals surface area contributed by atoms with Gasteiger partial charge in [-0.25, -0.2) is 5.43 Å². The first kappa shape index (κ1) is 14.5. The van der Waals surface area contributed by atoms with Crippen LogP contribution in [0.4, 0.5) is 5.69 Å². The predicted octanol–water partition coefficient (Wildman–Crippen LogP) is 3.09. The fourth-order valence-electron chi connectivity index (χ4n) is 1.74. The molecule has 0 unspecified atom stereocenters. The summed E-state index contributed by atoms with van der Waals surface area (Å²) in [6.45, 7) is 1.92. The largest absolute Gasteiger partial charge is 0.399 e. The van der Waals surface area contributed by atoms with E-state index in [0.29, 0.717) is 11.3 Å². The van der Waals surface area contributed by atoms with Crippen molar-refractivity contribution in [3.8, 4) is 0 Å². The number of nitrogens with zero attached hydrogens (tertiary/aromatic N) is 1. The number of rotatable bonds is 4. The van der Waals surface area contributed by atoms with Crippen molar-refractivity contribution in [3.63, 3.8) is 0 Å². The number of benzene rings is 2. The van der Waals surface area contributed by atoms with E-state index in [0.717, 1.165) is 11.1 Å². The predicted molar refractivity (Wildman–Crippen MR) is 86.9 cm³/mol. The number of nitrogens with one attached hydrogen (secondary N) is 1. The van der Waals surface area contributed by atoms with Crippen LogP contribution in [0.5, 0.6) is 0 Å². The summed E-state index contributed by atoms with van der Waals surface area (Å²) in [5.41, 5.74) is 11.2. The van der Waals surface area contributed by atoms with Gasteiger partial charge in [-0.2, -0.15) is 5.10 Å². The fourth-order valence-corrected chi connectivity index (χ4v) is 1.74. The van der Waals surface area contributed by atoms with E-state index in [2.05, 4.69) is 10.5 Å². The van der Waals surface area contributed by atoms with E-state index in [1.807, 2.05) is 43.3 Å². The maximum atomic E-state index is 11.8. The van der Waals surface area contributed by atoms with Gasteiger partial charge in [-0.05, 0) is 42.3 Å². The molecular formula is C17H17N3O. The first-order valence-electron chi connectivity index (χ1n) is 6.57. The van der Waals surface area contributed by atoms with Crippen molar-refractivity contribution in [2.24, 2.45) is 5.10 Å². The molecule has 2 aromatic rings. The second-order valence-electron chi connectivity index (χ2n) is 4.62. The van der Waals surface area contributed by atoms with Gasteiger partial charge in [-0.3, -0.25) is 4.79 Å². The molecule has 0 aliphatic heterocycles. The number of nitrogen functional groups attached to an aromatic ring is 1. The molecule has 4 heteroatoms. The van der Waals surface area contributed by atoms with Crippen molar-refractivity contribution in [1.82, 2.24) is 5.43 Å². The molecule has 0 fully saturated rings. The molecule has 0 aliphatic rings. The average Bonchev–Trinajstić information content (AvgIpc) is 2.49. The van der Waals surface area contributed by atoms with E-state index in [1.165, 1.54) is 0 Å². The number of amides is 1. The lowest BCUT2D eigenvalue weighted by atomic mass is 10.1. The van der Waals surface area contributed by atoms with Crippen LogP contribution in [0, 0.1) is 0 Å². The molecular weight excluding hydrogens is 262 g/mol. The lowest BCUT2D eigenvalue weighted by molar-refractivity contribution is 0.0955. The zero-order chi connectivity index (χ0) is 15.1.